The van der Waals surface area contributed by atoms with E-state index in [4.69, 9.17) is 15.3 Å². The molecule has 172 valence electrons. The van der Waals surface area contributed by atoms with Gasteiger partial charge in [0.25, 0.3) is 11.8 Å². The Morgan fingerprint density at radius 1 is 1.27 bits per heavy atom. The molecule has 1 unspecified atom stereocenters. The molecule has 0 bridgehead atoms. The molecule has 0 saturated heterocycles. The third-order valence-electron chi connectivity index (χ3n) is 5.01. The van der Waals surface area contributed by atoms with Gasteiger partial charge in [-0.25, -0.2) is 4.98 Å². The van der Waals surface area contributed by atoms with E-state index in [-0.39, 0.29) is 32.8 Å². The van der Waals surface area contributed by atoms with E-state index in [1.807, 2.05) is 0 Å². The highest BCUT2D eigenvalue weighted by Crippen LogP contribution is 2.40. The molecule has 3 N–H and O–H groups in total. The number of hydrogen-bond donors (Lipinski definition) is 2. The lowest BCUT2D eigenvalue weighted by Gasteiger charge is -2.12. The predicted molar refractivity (Wildman–Crippen MR) is 116 cm³/mol. The molecule has 1 aliphatic heterocycles. The number of pyridine rings is 1. The first-order valence-electron chi connectivity index (χ1n) is 9.57. The summed E-state index contributed by atoms with van der Waals surface area (Å²) in [6.45, 7) is 1.43. The molecule has 2 amide bonds. The Morgan fingerprint density at radius 2 is 1.97 bits per heavy atom. The number of aryl methyl sites for hydroxylation is 1. The maximum Gasteiger partial charge on any atom is 0.433 e. The van der Waals surface area contributed by atoms with Gasteiger partial charge in [-0.15, -0.1) is 11.3 Å². The van der Waals surface area contributed by atoms with Gasteiger partial charge in [0.15, 0.2) is 0 Å². The van der Waals surface area contributed by atoms with Crippen molar-refractivity contribution in [3.63, 3.8) is 0 Å². The summed E-state index contributed by atoms with van der Waals surface area (Å²) >= 11 is 0.680. The van der Waals surface area contributed by atoms with Crippen molar-refractivity contribution in [2.24, 2.45) is 10.9 Å². The first kappa shape index (κ1) is 22.5. The topological polar surface area (TPSA) is 116 Å². The van der Waals surface area contributed by atoms with Crippen molar-refractivity contribution in [2.45, 2.75) is 25.6 Å². The first-order valence-corrected chi connectivity index (χ1v) is 10.4. The molecule has 3 aromatic rings. The molecule has 4 rings (SSSR count). The number of carbonyl (C=O) groups excluding carboxylic acids is 2. The highest BCUT2D eigenvalue weighted by Gasteiger charge is 2.35. The molecule has 0 saturated carbocycles. The maximum atomic E-state index is 13.1. The van der Waals surface area contributed by atoms with E-state index in [0.717, 1.165) is 11.6 Å². The fraction of sp³-hybridized carbons (Fsp3) is 0.238. The van der Waals surface area contributed by atoms with Crippen LogP contribution in [0.4, 0.5) is 18.9 Å². The minimum Gasteiger partial charge on any atom is -0.497 e. The summed E-state index contributed by atoms with van der Waals surface area (Å²) in [4.78, 5) is 33.5. The van der Waals surface area contributed by atoms with Gasteiger partial charge < -0.3 is 20.6 Å². The standard InChI is InChI=1S/C21H17F3N4O4S/c1-9-7-14(21(22,23)24)26-20-15(9)16(17(33-20)18(25)29)27-19(30)13-8-12(28-32-13)10-3-5-11(31-2)6-4-10/h3-7,13H,8H2,1-2H3,(H2,25,29)(H,27,30). The summed E-state index contributed by atoms with van der Waals surface area (Å²) in [6, 6.07) is 7.88. The number of carbonyl (C=O) groups is 2. The normalized spacial score (nSPS) is 15.8. The molecule has 1 aromatic carbocycles. The number of nitrogens with one attached hydrogen (secondary N) is 1. The van der Waals surface area contributed by atoms with Gasteiger partial charge in [0.05, 0.1) is 18.5 Å². The molecule has 0 aliphatic carbocycles. The quantitative estimate of drug-likeness (QED) is 0.578. The molecule has 12 heteroatoms. The van der Waals surface area contributed by atoms with Crippen molar-refractivity contribution < 1.29 is 32.3 Å². The number of ether oxygens (including phenoxy) is 1. The van der Waals surface area contributed by atoms with E-state index >= 15 is 0 Å². The second-order valence-electron chi connectivity index (χ2n) is 7.23. The second-order valence-corrected chi connectivity index (χ2v) is 8.23. The Balaban J connectivity index is 1.60. The van der Waals surface area contributed by atoms with Crippen molar-refractivity contribution in [1.29, 1.82) is 0 Å². The van der Waals surface area contributed by atoms with Crippen molar-refractivity contribution in [1.82, 2.24) is 4.98 Å². The van der Waals surface area contributed by atoms with Crippen LogP contribution in [0.25, 0.3) is 10.2 Å². The molecule has 1 aliphatic rings. The van der Waals surface area contributed by atoms with Crippen molar-refractivity contribution in [3.8, 4) is 5.75 Å². The lowest BCUT2D eigenvalue weighted by molar-refractivity contribution is -0.141. The van der Waals surface area contributed by atoms with E-state index in [1.54, 1.807) is 31.4 Å². The first-order chi connectivity index (χ1) is 15.6. The van der Waals surface area contributed by atoms with Crippen LogP contribution >= 0.6 is 11.3 Å². The molecule has 8 nitrogen and oxygen atoms in total. The fourth-order valence-electron chi connectivity index (χ4n) is 3.40. The number of alkyl halides is 3. The number of rotatable bonds is 5. The lowest BCUT2D eigenvalue weighted by Crippen LogP contribution is -2.29. The summed E-state index contributed by atoms with van der Waals surface area (Å²) in [6.07, 6.45) is -5.51. The van der Waals surface area contributed by atoms with Crippen LogP contribution in [0.15, 0.2) is 35.5 Å². The van der Waals surface area contributed by atoms with Crippen molar-refractivity contribution in [3.05, 3.63) is 52.0 Å². The summed E-state index contributed by atoms with van der Waals surface area (Å²) in [5.74, 6) is -0.860. The van der Waals surface area contributed by atoms with Crippen molar-refractivity contribution >= 4 is 44.8 Å². The summed E-state index contributed by atoms with van der Waals surface area (Å²) < 4.78 is 44.5. The minimum atomic E-state index is -4.66. The zero-order valence-corrected chi connectivity index (χ0v) is 18.1. The second kappa shape index (κ2) is 8.35. The molecular weight excluding hydrogens is 461 g/mol. The molecule has 0 spiro atoms. The van der Waals surface area contributed by atoms with Crippen LogP contribution in [-0.4, -0.2) is 35.7 Å². The average Bonchev–Trinajstić information content (AvgIpc) is 3.39. The smallest absolute Gasteiger partial charge is 0.433 e. The number of oxime groups is 1. The zero-order chi connectivity index (χ0) is 23.9. The van der Waals surface area contributed by atoms with Gasteiger partial charge in [0.1, 0.15) is 21.2 Å². The third kappa shape index (κ3) is 4.33. The largest absolute Gasteiger partial charge is 0.497 e. The summed E-state index contributed by atoms with van der Waals surface area (Å²) in [5, 5.41) is 6.75. The van der Waals surface area contributed by atoms with Gasteiger partial charge in [-0.1, -0.05) is 5.16 Å². The van der Waals surface area contributed by atoms with E-state index < -0.39 is 29.8 Å². The van der Waals surface area contributed by atoms with Crippen LogP contribution in [0.1, 0.15) is 32.9 Å². The number of methoxy groups -OCH3 is 1. The minimum absolute atomic E-state index is 0.00715. The number of hydrogen-bond acceptors (Lipinski definition) is 7. The van der Waals surface area contributed by atoms with E-state index in [9.17, 15) is 22.8 Å². The highest BCUT2D eigenvalue weighted by molar-refractivity contribution is 7.21. The number of anilines is 1. The van der Waals surface area contributed by atoms with E-state index in [0.29, 0.717) is 22.8 Å². The molecule has 0 fully saturated rings. The number of aromatic nitrogens is 1. The lowest BCUT2D eigenvalue weighted by atomic mass is 10.0. The van der Waals surface area contributed by atoms with Gasteiger partial charge in [-0.05, 0) is 48.4 Å². The van der Waals surface area contributed by atoms with Crippen LogP contribution in [0.2, 0.25) is 0 Å². The van der Waals surface area contributed by atoms with Gasteiger partial charge in [-0.3, -0.25) is 9.59 Å². The molecular formula is C21H17F3N4O4S. The average molecular weight is 478 g/mol. The highest BCUT2D eigenvalue weighted by atomic mass is 32.1. The van der Waals surface area contributed by atoms with Crippen LogP contribution in [0, 0.1) is 6.92 Å². The number of thiophene rings is 1. The summed E-state index contributed by atoms with van der Waals surface area (Å²) in [7, 11) is 1.54. The monoisotopic (exact) mass is 478 g/mol. The fourth-order valence-corrected chi connectivity index (χ4v) is 4.45. The number of primary amides is 1. The number of amides is 2. The molecule has 0 radical (unpaired) electrons. The Kier molecular flexibility index (Phi) is 5.70. The SMILES string of the molecule is COc1ccc(C2=NOC(C(=O)Nc3c(C(N)=O)sc4nc(C(F)(F)F)cc(C)c34)C2)cc1. The molecule has 2 aromatic heterocycles. The van der Waals surface area contributed by atoms with E-state index in [2.05, 4.69) is 15.5 Å². The Bertz CT molecular complexity index is 1290. The maximum absolute atomic E-state index is 13.1. The molecule has 3 heterocycles. The Labute approximate surface area is 189 Å². The van der Waals surface area contributed by atoms with Crippen LogP contribution in [0.3, 0.4) is 0 Å². The van der Waals surface area contributed by atoms with Crippen molar-refractivity contribution in [2.75, 3.05) is 12.4 Å². The number of halogens is 3. The third-order valence-corrected chi connectivity index (χ3v) is 6.10. The summed E-state index contributed by atoms with van der Waals surface area (Å²) in [5.41, 5.74) is 5.79. The van der Waals surface area contributed by atoms with Crippen LogP contribution < -0.4 is 15.8 Å². The number of fused-ring (bicyclic) bond motifs is 1. The molecule has 33 heavy (non-hydrogen) atoms. The van der Waals surface area contributed by atoms with Gasteiger partial charge in [-0.2, -0.15) is 13.2 Å². The van der Waals surface area contributed by atoms with Gasteiger partial charge in [0.2, 0.25) is 6.10 Å². The van der Waals surface area contributed by atoms with Gasteiger partial charge in [0, 0.05) is 11.8 Å². The Morgan fingerprint density at radius 3 is 2.58 bits per heavy atom. The van der Waals surface area contributed by atoms with Crippen LogP contribution in [0.5, 0.6) is 5.75 Å². The van der Waals surface area contributed by atoms with Gasteiger partial charge >= 0.3 is 6.18 Å². The Hall–Kier alpha value is -3.67. The predicted octanol–water partition coefficient (Wildman–Crippen LogP) is 3.86. The number of benzene rings is 1. The zero-order valence-electron chi connectivity index (χ0n) is 17.3. The number of nitrogens with zero attached hydrogens (tertiary/aromatic N) is 2. The molecule has 1 atom stereocenters. The number of nitrogens with two attached hydrogens (primary N) is 1. The van der Waals surface area contributed by atoms with E-state index in [1.165, 1.54) is 6.92 Å². The van der Waals surface area contributed by atoms with Crippen LogP contribution in [-0.2, 0) is 15.8 Å².